The maximum absolute atomic E-state index is 12.4. The topological polar surface area (TPSA) is 55.1 Å². The Hall–Kier alpha value is -0.410. The summed E-state index contributed by atoms with van der Waals surface area (Å²) in [5.74, 6) is 1.06. The molecule has 90 valence electrons. The standard InChI is InChI=1S/C13H22N2O/c14-10-6-3-5-9-12(10)15-11-7-2-1-4-8(11)13(9)16/h8-12,15H,1-7,14H2. The summed E-state index contributed by atoms with van der Waals surface area (Å²) in [4.78, 5) is 12.4. The van der Waals surface area contributed by atoms with E-state index in [1.54, 1.807) is 0 Å². The monoisotopic (exact) mass is 222 g/mol. The molecule has 3 N–H and O–H groups in total. The van der Waals surface area contributed by atoms with Crippen LogP contribution in [0.5, 0.6) is 0 Å². The summed E-state index contributed by atoms with van der Waals surface area (Å²) in [6.45, 7) is 0. The smallest absolute Gasteiger partial charge is 0.142 e. The highest BCUT2D eigenvalue weighted by Gasteiger charge is 2.46. The summed E-state index contributed by atoms with van der Waals surface area (Å²) in [6.07, 6.45) is 8.06. The van der Waals surface area contributed by atoms with E-state index in [1.165, 1.54) is 19.3 Å². The molecule has 1 saturated heterocycles. The van der Waals surface area contributed by atoms with E-state index in [0.29, 0.717) is 17.7 Å². The van der Waals surface area contributed by atoms with Crippen molar-refractivity contribution in [2.24, 2.45) is 17.6 Å². The van der Waals surface area contributed by atoms with Gasteiger partial charge in [-0.1, -0.05) is 19.3 Å². The molecule has 2 saturated carbocycles. The summed E-state index contributed by atoms with van der Waals surface area (Å²) in [5.41, 5.74) is 6.16. The number of carbonyl (C=O) groups is 1. The molecule has 3 aliphatic rings. The third-order valence-corrected chi connectivity index (χ3v) is 4.85. The number of hydrogen-bond donors (Lipinski definition) is 2. The van der Waals surface area contributed by atoms with Crippen LogP contribution in [0.3, 0.4) is 0 Å². The first-order chi connectivity index (χ1) is 7.77. The number of rotatable bonds is 0. The van der Waals surface area contributed by atoms with Gasteiger partial charge in [0.1, 0.15) is 5.78 Å². The minimum atomic E-state index is 0.200. The number of nitrogens with two attached hydrogens (primary N) is 1. The molecular weight excluding hydrogens is 200 g/mol. The molecule has 3 nitrogen and oxygen atoms in total. The molecule has 0 radical (unpaired) electrons. The van der Waals surface area contributed by atoms with Gasteiger partial charge in [0.15, 0.2) is 0 Å². The summed E-state index contributed by atoms with van der Waals surface area (Å²) in [7, 11) is 0. The van der Waals surface area contributed by atoms with E-state index in [1.807, 2.05) is 0 Å². The Morgan fingerprint density at radius 2 is 1.75 bits per heavy atom. The molecule has 3 rings (SSSR count). The number of Topliss-reactive ketones (excluding diaryl/α,β-unsaturated/α-hetero) is 1. The van der Waals surface area contributed by atoms with Crippen molar-refractivity contribution in [3.63, 3.8) is 0 Å². The fourth-order valence-corrected chi connectivity index (χ4v) is 3.98. The largest absolute Gasteiger partial charge is 0.326 e. The number of carbonyl (C=O) groups excluding carboxylic acids is 1. The first-order valence-corrected chi connectivity index (χ1v) is 6.83. The molecule has 5 unspecified atom stereocenters. The first kappa shape index (κ1) is 10.7. The Kier molecular flexibility index (Phi) is 2.76. The minimum Gasteiger partial charge on any atom is -0.326 e. The lowest BCUT2D eigenvalue weighted by Crippen LogP contribution is -2.64. The second-order valence-corrected chi connectivity index (χ2v) is 5.79. The molecule has 3 fully saturated rings. The Bertz CT molecular complexity index is 292. The predicted molar refractivity (Wildman–Crippen MR) is 63.0 cm³/mol. The van der Waals surface area contributed by atoms with Gasteiger partial charge in [-0.2, -0.15) is 0 Å². The average molecular weight is 222 g/mol. The first-order valence-electron chi connectivity index (χ1n) is 6.83. The van der Waals surface area contributed by atoms with Gasteiger partial charge in [-0.25, -0.2) is 0 Å². The second-order valence-electron chi connectivity index (χ2n) is 5.79. The van der Waals surface area contributed by atoms with Crippen LogP contribution < -0.4 is 11.1 Å². The fraction of sp³-hybridized carbons (Fsp3) is 0.923. The molecule has 0 bridgehead atoms. The van der Waals surface area contributed by atoms with Gasteiger partial charge in [-0.15, -0.1) is 0 Å². The predicted octanol–water partition coefficient (Wildman–Crippen LogP) is 1.21. The van der Waals surface area contributed by atoms with Gasteiger partial charge in [0.2, 0.25) is 0 Å². The van der Waals surface area contributed by atoms with Crippen molar-refractivity contribution in [2.75, 3.05) is 0 Å². The highest BCUT2D eigenvalue weighted by molar-refractivity contribution is 5.86. The van der Waals surface area contributed by atoms with Crippen molar-refractivity contribution >= 4 is 5.78 Å². The van der Waals surface area contributed by atoms with Gasteiger partial charge < -0.3 is 11.1 Å². The Labute approximate surface area is 97.2 Å². The normalized spacial score (nSPS) is 48.3. The van der Waals surface area contributed by atoms with Gasteiger partial charge in [0.25, 0.3) is 0 Å². The zero-order valence-corrected chi connectivity index (χ0v) is 9.82. The van der Waals surface area contributed by atoms with Crippen molar-refractivity contribution in [1.29, 1.82) is 0 Å². The van der Waals surface area contributed by atoms with E-state index in [4.69, 9.17) is 5.73 Å². The lowest BCUT2D eigenvalue weighted by molar-refractivity contribution is -0.134. The zero-order valence-electron chi connectivity index (χ0n) is 9.82. The van der Waals surface area contributed by atoms with Crippen molar-refractivity contribution in [1.82, 2.24) is 5.32 Å². The van der Waals surface area contributed by atoms with E-state index >= 15 is 0 Å². The number of fused-ring (bicyclic) bond motifs is 2. The Morgan fingerprint density at radius 3 is 2.62 bits per heavy atom. The summed E-state index contributed by atoms with van der Waals surface area (Å²) < 4.78 is 0. The molecular formula is C13H22N2O. The van der Waals surface area contributed by atoms with Crippen molar-refractivity contribution in [3.05, 3.63) is 0 Å². The maximum Gasteiger partial charge on any atom is 0.142 e. The molecule has 0 spiro atoms. The lowest BCUT2D eigenvalue weighted by Gasteiger charge is -2.47. The highest BCUT2D eigenvalue weighted by atomic mass is 16.1. The van der Waals surface area contributed by atoms with Gasteiger partial charge in [0, 0.05) is 30.0 Å². The number of ketones is 1. The molecule has 16 heavy (non-hydrogen) atoms. The zero-order chi connectivity index (χ0) is 11.1. The van der Waals surface area contributed by atoms with Crippen molar-refractivity contribution in [3.8, 4) is 0 Å². The van der Waals surface area contributed by atoms with Gasteiger partial charge >= 0.3 is 0 Å². The third kappa shape index (κ3) is 1.61. The maximum atomic E-state index is 12.4. The molecule has 2 aliphatic carbocycles. The molecule has 5 atom stereocenters. The van der Waals surface area contributed by atoms with Crippen LogP contribution in [0.1, 0.15) is 44.9 Å². The van der Waals surface area contributed by atoms with E-state index in [2.05, 4.69) is 5.32 Å². The van der Waals surface area contributed by atoms with Crippen LogP contribution in [-0.4, -0.2) is 23.9 Å². The van der Waals surface area contributed by atoms with Crippen LogP contribution in [0.15, 0.2) is 0 Å². The second kappa shape index (κ2) is 4.11. The molecule has 0 aromatic carbocycles. The molecule has 0 amide bonds. The average Bonchev–Trinajstić information content (AvgIpc) is 2.31. The number of nitrogens with one attached hydrogen (secondary N) is 1. The van der Waals surface area contributed by atoms with E-state index in [-0.39, 0.29) is 18.0 Å². The van der Waals surface area contributed by atoms with Crippen LogP contribution in [0.4, 0.5) is 0 Å². The van der Waals surface area contributed by atoms with E-state index in [9.17, 15) is 4.79 Å². The fourth-order valence-electron chi connectivity index (χ4n) is 3.98. The molecule has 1 aliphatic heterocycles. The molecule has 3 heteroatoms. The SMILES string of the molecule is NC1CCCC2C(=O)C3CCCCC3NC12. The van der Waals surface area contributed by atoms with Crippen molar-refractivity contribution in [2.45, 2.75) is 63.1 Å². The summed E-state index contributed by atoms with van der Waals surface area (Å²) in [6, 6.07) is 0.915. The van der Waals surface area contributed by atoms with E-state index in [0.717, 1.165) is 25.7 Å². The lowest BCUT2D eigenvalue weighted by atomic mass is 9.67. The number of hydrogen-bond acceptors (Lipinski definition) is 3. The van der Waals surface area contributed by atoms with Gasteiger partial charge in [-0.05, 0) is 25.7 Å². The number of piperidine rings is 1. The van der Waals surface area contributed by atoms with Crippen LogP contribution in [0.25, 0.3) is 0 Å². The minimum absolute atomic E-state index is 0.200. The van der Waals surface area contributed by atoms with Gasteiger partial charge in [0.05, 0.1) is 0 Å². The summed E-state index contributed by atoms with van der Waals surface area (Å²) in [5, 5.41) is 3.69. The quantitative estimate of drug-likeness (QED) is 0.648. The summed E-state index contributed by atoms with van der Waals surface area (Å²) >= 11 is 0. The molecule has 0 aromatic heterocycles. The third-order valence-electron chi connectivity index (χ3n) is 4.85. The van der Waals surface area contributed by atoms with Crippen LogP contribution in [-0.2, 0) is 4.79 Å². The molecule has 0 aromatic rings. The highest BCUT2D eigenvalue weighted by Crippen LogP contribution is 2.37. The van der Waals surface area contributed by atoms with Crippen LogP contribution in [0.2, 0.25) is 0 Å². The van der Waals surface area contributed by atoms with Gasteiger partial charge in [-0.3, -0.25) is 4.79 Å². The van der Waals surface area contributed by atoms with Crippen LogP contribution >= 0.6 is 0 Å². The van der Waals surface area contributed by atoms with Crippen molar-refractivity contribution < 1.29 is 4.79 Å². The molecule has 1 heterocycles. The van der Waals surface area contributed by atoms with Crippen LogP contribution in [0, 0.1) is 11.8 Å². The Balaban J connectivity index is 1.82. The Morgan fingerprint density at radius 1 is 1.00 bits per heavy atom. The van der Waals surface area contributed by atoms with E-state index < -0.39 is 0 Å².